The van der Waals surface area contributed by atoms with E-state index >= 15 is 0 Å². The number of imide groups is 1. The minimum absolute atomic E-state index is 0.246. The monoisotopic (exact) mass is 277 g/mol. The zero-order valence-corrected chi connectivity index (χ0v) is 11.5. The first-order chi connectivity index (χ1) is 10.3. The second kappa shape index (κ2) is 5.75. The van der Waals surface area contributed by atoms with E-state index in [4.69, 9.17) is 0 Å². The van der Waals surface area contributed by atoms with E-state index in [9.17, 15) is 9.59 Å². The molecule has 1 aliphatic rings. The van der Waals surface area contributed by atoms with E-state index < -0.39 is 0 Å². The molecule has 0 radical (unpaired) electrons. The third-order valence-electron chi connectivity index (χ3n) is 3.61. The van der Waals surface area contributed by atoms with Crippen molar-refractivity contribution < 1.29 is 9.59 Å². The van der Waals surface area contributed by atoms with Crippen LogP contribution in [-0.2, 0) is 16.0 Å². The standard InChI is InChI=1S/C18H15NO2/c20-17-11-12-18(21)19(17)16(15-9-5-2-6-10-15)13-14-7-3-1-4-8-14/h1-12,16H,13H2. The van der Waals surface area contributed by atoms with Crippen molar-refractivity contribution in [2.75, 3.05) is 0 Å². The maximum Gasteiger partial charge on any atom is 0.254 e. The van der Waals surface area contributed by atoms with Crippen LogP contribution in [0.2, 0.25) is 0 Å². The minimum atomic E-state index is -0.274. The zero-order valence-electron chi connectivity index (χ0n) is 11.5. The van der Waals surface area contributed by atoms with Gasteiger partial charge in [-0.15, -0.1) is 0 Å². The number of rotatable bonds is 4. The molecule has 2 aromatic rings. The molecule has 0 aromatic heterocycles. The number of hydrogen-bond acceptors (Lipinski definition) is 2. The summed E-state index contributed by atoms with van der Waals surface area (Å²) < 4.78 is 0. The molecular weight excluding hydrogens is 262 g/mol. The largest absolute Gasteiger partial charge is 0.269 e. The summed E-state index contributed by atoms with van der Waals surface area (Å²) in [6, 6.07) is 19.3. The second-order valence-electron chi connectivity index (χ2n) is 5.00. The molecule has 0 saturated carbocycles. The van der Waals surface area contributed by atoms with Gasteiger partial charge in [-0.05, 0) is 17.5 Å². The highest BCUT2D eigenvalue weighted by Crippen LogP contribution is 2.27. The van der Waals surface area contributed by atoms with Crippen molar-refractivity contribution in [3.63, 3.8) is 0 Å². The predicted octanol–water partition coefficient (Wildman–Crippen LogP) is 2.90. The molecule has 0 N–H and O–H groups in total. The first kappa shape index (κ1) is 13.3. The molecule has 1 aliphatic heterocycles. The van der Waals surface area contributed by atoms with Crippen LogP contribution in [0, 0.1) is 0 Å². The molecule has 0 spiro atoms. The molecule has 21 heavy (non-hydrogen) atoms. The van der Waals surface area contributed by atoms with Crippen LogP contribution in [-0.4, -0.2) is 16.7 Å². The van der Waals surface area contributed by atoms with Crippen molar-refractivity contribution >= 4 is 11.8 Å². The maximum absolute atomic E-state index is 12.0. The van der Waals surface area contributed by atoms with Gasteiger partial charge in [-0.2, -0.15) is 0 Å². The summed E-state index contributed by atoms with van der Waals surface area (Å²) in [6.45, 7) is 0. The highest BCUT2D eigenvalue weighted by molar-refractivity contribution is 6.13. The Morgan fingerprint density at radius 1 is 0.762 bits per heavy atom. The van der Waals surface area contributed by atoms with Crippen molar-refractivity contribution in [1.29, 1.82) is 0 Å². The summed E-state index contributed by atoms with van der Waals surface area (Å²) in [5.41, 5.74) is 2.06. The number of amides is 2. The summed E-state index contributed by atoms with van der Waals surface area (Å²) in [4.78, 5) is 25.4. The topological polar surface area (TPSA) is 37.4 Å². The molecule has 0 aliphatic carbocycles. The van der Waals surface area contributed by atoms with Crippen molar-refractivity contribution in [3.8, 4) is 0 Å². The first-order valence-corrected chi connectivity index (χ1v) is 6.90. The third-order valence-corrected chi connectivity index (χ3v) is 3.61. The molecule has 104 valence electrons. The molecular formula is C18H15NO2. The summed E-state index contributed by atoms with van der Waals surface area (Å²) in [5.74, 6) is -0.491. The number of nitrogens with zero attached hydrogens (tertiary/aromatic N) is 1. The number of benzene rings is 2. The van der Waals surface area contributed by atoms with Crippen molar-refractivity contribution in [1.82, 2.24) is 4.90 Å². The predicted molar refractivity (Wildman–Crippen MR) is 80.3 cm³/mol. The van der Waals surface area contributed by atoms with Crippen LogP contribution in [0.4, 0.5) is 0 Å². The number of hydrogen-bond donors (Lipinski definition) is 0. The van der Waals surface area contributed by atoms with Gasteiger partial charge in [0, 0.05) is 12.2 Å². The van der Waals surface area contributed by atoms with Gasteiger partial charge in [-0.1, -0.05) is 60.7 Å². The third kappa shape index (κ3) is 2.77. The summed E-state index contributed by atoms with van der Waals surface area (Å²) in [7, 11) is 0. The van der Waals surface area contributed by atoms with Crippen molar-refractivity contribution in [2.24, 2.45) is 0 Å². The Balaban J connectivity index is 1.96. The van der Waals surface area contributed by atoms with Gasteiger partial charge in [0.1, 0.15) is 0 Å². The molecule has 0 fully saturated rings. The lowest BCUT2D eigenvalue weighted by molar-refractivity contribution is -0.139. The van der Waals surface area contributed by atoms with E-state index in [1.54, 1.807) is 0 Å². The van der Waals surface area contributed by atoms with Gasteiger partial charge in [0.25, 0.3) is 11.8 Å². The van der Waals surface area contributed by atoms with Gasteiger partial charge in [0.15, 0.2) is 0 Å². The van der Waals surface area contributed by atoms with Gasteiger partial charge in [0.2, 0.25) is 0 Å². The van der Waals surface area contributed by atoms with Gasteiger partial charge < -0.3 is 0 Å². The molecule has 3 heteroatoms. The zero-order chi connectivity index (χ0) is 14.7. The molecule has 1 unspecified atom stereocenters. The molecule has 2 aromatic carbocycles. The van der Waals surface area contributed by atoms with Gasteiger partial charge in [-0.25, -0.2) is 0 Å². The average molecular weight is 277 g/mol. The Morgan fingerprint density at radius 3 is 1.86 bits per heavy atom. The Hall–Kier alpha value is -2.68. The Labute approximate surface area is 123 Å². The van der Waals surface area contributed by atoms with Crippen LogP contribution in [0.15, 0.2) is 72.8 Å². The average Bonchev–Trinajstić information content (AvgIpc) is 2.86. The molecule has 0 bridgehead atoms. The summed E-state index contributed by atoms with van der Waals surface area (Å²) in [5, 5.41) is 0. The summed E-state index contributed by atoms with van der Waals surface area (Å²) >= 11 is 0. The lowest BCUT2D eigenvalue weighted by Crippen LogP contribution is -2.35. The van der Waals surface area contributed by atoms with Crippen LogP contribution in [0.5, 0.6) is 0 Å². The molecule has 3 rings (SSSR count). The number of carbonyl (C=O) groups excluding carboxylic acids is 2. The van der Waals surface area contributed by atoms with E-state index in [2.05, 4.69) is 0 Å². The highest BCUT2D eigenvalue weighted by Gasteiger charge is 2.32. The SMILES string of the molecule is O=C1C=CC(=O)N1C(Cc1ccccc1)c1ccccc1. The van der Waals surface area contributed by atoms with Crippen LogP contribution in [0.3, 0.4) is 0 Å². The van der Waals surface area contributed by atoms with Crippen LogP contribution < -0.4 is 0 Å². The quantitative estimate of drug-likeness (QED) is 0.806. The molecule has 0 saturated heterocycles. The fraction of sp³-hybridized carbons (Fsp3) is 0.111. The van der Waals surface area contributed by atoms with Crippen molar-refractivity contribution in [3.05, 3.63) is 83.9 Å². The van der Waals surface area contributed by atoms with E-state index in [0.717, 1.165) is 11.1 Å². The summed E-state index contributed by atoms with van der Waals surface area (Å²) in [6.07, 6.45) is 3.29. The normalized spacial score (nSPS) is 15.5. The lowest BCUT2D eigenvalue weighted by Gasteiger charge is -2.26. The maximum atomic E-state index is 12.0. The second-order valence-corrected chi connectivity index (χ2v) is 5.00. The van der Waals surface area contributed by atoms with E-state index in [1.807, 2.05) is 60.7 Å². The lowest BCUT2D eigenvalue weighted by atomic mass is 9.97. The molecule has 1 heterocycles. The first-order valence-electron chi connectivity index (χ1n) is 6.90. The van der Waals surface area contributed by atoms with E-state index in [-0.39, 0.29) is 17.9 Å². The molecule has 3 nitrogen and oxygen atoms in total. The van der Waals surface area contributed by atoms with Crippen LogP contribution in [0.1, 0.15) is 17.2 Å². The molecule has 1 atom stereocenters. The fourth-order valence-corrected chi connectivity index (χ4v) is 2.59. The Morgan fingerprint density at radius 2 is 1.29 bits per heavy atom. The van der Waals surface area contributed by atoms with E-state index in [1.165, 1.54) is 17.1 Å². The molecule has 2 amide bonds. The fourth-order valence-electron chi connectivity index (χ4n) is 2.59. The minimum Gasteiger partial charge on any atom is -0.269 e. The smallest absolute Gasteiger partial charge is 0.254 e. The van der Waals surface area contributed by atoms with Crippen LogP contribution >= 0.6 is 0 Å². The van der Waals surface area contributed by atoms with Gasteiger partial charge >= 0.3 is 0 Å². The van der Waals surface area contributed by atoms with Crippen LogP contribution in [0.25, 0.3) is 0 Å². The van der Waals surface area contributed by atoms with Gasteiger partial charge in [-0.3, -0.25) is 14.5 Å². The van der Waals surface area contributed by atoms with E-state index in [0.29, 0.717) is 6.42 Å². The Kier molecular flexibility index (Phi) is 3.65. The van der Waals surface area contributed by atoms with Crippen molar-refractivity contribution in [2.45, 2.75) is 12.5 Å². The Bertz CT molecular complexity index is 659. The highest BCUT2D eigenvalue weighted by atomic mass is 16.2. The van der Waals surface area contributed by atoms with Gasteiger partial charge in [0.05, 0.1) is 6.04 Å². The number of carbonyl (C=O) groups is 2.